The number of rotatable bonds is 6. The van der Waals surface area contributed by atoms with Gasteiger partial charge in [-0.3, -0.25) is 4.79 Å². The van der Waals surface area contributed by atoms with Crippen molar-refractivity contribution in [2.24, 2.45) is 11.7 Å². The SMILES string of the molecule is CCOCc1ccccc1CNC(=O)C1CCC(N)C1. The van der Waals surface area contributed by atoms with E-state index in [1.807, 2.05) is 31.2 Å². The van der Waals surface area contributed by atoms with Gasteiger partial charge in [-0.15, -0.1) is 0 Å². The van der Waals surface area contributed by atoms with Crippen molar-refractivity contribution in [2.75, 3.05) is 6.61 Å². The molecule has 4 nitrogen and oxygen atoms in total. The molecule has 1 aliphatic carbocycles. The topological polar surface area (TPSA) is 64.3 Å². The van der Waals surface area contributed by atoms with Crippen molar-refractivity contribution in [3.63, 3.8) is 0 Å². The van der Waals surface area contributed by atoms with Crippen molar-refractivity contribution < 1.29 is 9.53 Å². The van der Waals surface area contributed by atoms with E-state index in [0.29, 0.717) is 19.8 Å². The maximum Gasteiger partial charge on any atom is 0.223 e. The smallest absolute Gasteiger partial charge is 0.223 e. The van der Waals surface area contributed by atoms with Gasteiger partial charge in [0.1, 0.15) is 0 Å². The Labute approximate surface area is 120 Å². The normalized spacial score (nSPS) is 21.9. The van der Waals surface area contributed by atoms with E-state index in [9.17, 15) is 4.79 Å². The highest BCUT2D eigenvalue weighted by atomic mass is 16.5. The molecule has 1 fully saturated rings. The van der Waals surface area contributed by atoms with Crippen LogP contribution in [0.5, 0.6) is 0 Å². The van der Waals surface area contributed by atoms with Crippen molar-refractivity contribution >= 4 is 5.91 Å². The van der Waals surface area contributed by atoms with Crippen LogP contribution in [0, 0.1) is 5.92 Å². The molecule has 20 heavy (non-hydrogen) atoms. The fourth-order valence-corrected chi connectivity index (χ4v) is 2.66. The van der Waals surface area contributed by atoms with Gasteiger partial charge in [0.05, 0.1) is 6.61 Å². The molecule has 0 aromatic heterocycles. The third-order valence-electron chi connectivity index (χ3n) is 3.88. The Morgan fingerprint density at radius 2 is 2.10 bits per heavy atom. The Bertz CT molecular complexity index is 448. The number of benzene rings is 1. The molecule has 0 radical (unpaired) electrons. The van der Waals surface area contributed by atoms with Crippen LogP contribution in [0.2, 0.25) is 0 Å². The average Bonchev–Trinajstić information content (AvgIpc) is 2.90. The molecule has 0 aliphatic heterocycles. The number of carbonyl (C=O) groups excluding carboxylic acids is 1. The van der Waals surface area contributed by atoms with Crippen molar-refractivity contribution in [1.82, 2.24) is 5.32 Å². The molecule has 2 atom stereocenters. The molecule has 0 spiro atoms. The second-order valence-electron chi connectivity index (χ2n) is 5.39. The number of amides is 1. The first-order valence-corrected chi connectivity index (χ1v) is 7.38. The maximum absolute atomic E-state index is 12.1. The van der Waals surface area contributed by atoms with Crippen LogP contribution in [0.1, 0.15) is 37.3 Å². The van der Waals surface area contributed by atoms with Gasteiger partial charge >= 0.3 is 0 Å². The predicted molar refractivity (Wildman–Crippen MR) is 78.9 cm³/mol. The molecule has 1 amide bonds. The Balaban J connectivity index is 1.88. The van der Waals surface area contributed by atoms with Gasteiger partial charge < -0.3 is 15.8 Å². The van der Waals surface area contributed by atoms with Crippen LogP contribution in [0.3, 0.4) is 0 Å². The number of hydrogen-bond acceptors (Lipinski definition) is 3. The summed E-state index contributed by atoms with van der Waals surface area (Å²) in [4.78, 5) is 12.1. The first-order chi connectivity index (χ1) is 9.70. The van der Waals surface area contributed by atoms with Gasteiger partial charge in [0, 0.05) is 25.1 Å². The van der Waals surface area contributed by atoms with E-state index in [2.05, 4.69) is 5.32 Å². The van der Waals surface area contributed by atoms with Crippen LogP contribution < -0.4 is 11.1 Å². The van der Waals surface area contributed by atoms with Gasteiger partial charge in [-0.25, -0.2) is 0 Å². The molecule has 0 heterocycles. The number of ether oxygens (including phenoxy) is 1. The Kier molecular flexibility index (Phi) is 5.56. The van der Waals surface area contributed by atoms with Crippen LogP contribution in [0.4, 0.5) is 0 Å². The lowest BCUT2D eigenvalue weighted by molar-refractivity contribution is -0.125. The van der Waals surface area contributed by atoms with E-state index in [4.69, 9.17) is 10.5 Å². The van der Waals surface area contributed by atoms with Crippen molar-refractivity contribution in [1.29, 1.82) is 0 Å². The van der Waals surface area contributed by atoms with Gasteiger partial charge in [-0.2, -0.15) is 0 Å². The van der Waals surface area contributed by atoms with E-state index >= 15 is 0 Å². The largest absolute Gasteiger partial charge is 0.377 e. The minimum atomic E-state index is 0.0871. The molecule has 4 heteroatoms. The van der Waals surface area contributed by atoms with Crippen LogP contribution in [0.15, 0.2) is 24.3 Å². The van der Waals surface area contributed by atoms with Crippen molar-refractivity contribution in [3.05, 3.63) is 35.4 Å². The van der Waals surface area contributed by atoms with E-state index in [-0.39, 0.29) is 17.9 Å². The van der Waals surface area contributed by atoms with Crippen LogP contribution in [-0.4, -0.2) is 18.6 Å². The summed E-state index contributed by atoms with van der Waals surface area (Å²) < 4.78 is 5.45. The van der Waals surface area contributed by atoms with Crippen molar-refractivity contribution in [3.8, 4) is 0 Å². The standard InChI is InChI=1S/C16H24N2O2/c1-2-20-11-14-6-4-3-5-13(14)10-18-16(19)12-7-8-15(17)9-12/h3-6,12,15H,2,7-11,17H2,1H3,(H,18,19). The molecule has 1 saturated carbocycles. The highest BCUT2D eigenvalue weighted by Crippen LogP contribution is 2.24. The Hall–Kier alpha value is -1.39. The predicted octanol–water partition coefficient (Wildman–Crippen LogP) is 1.97. The van der Waals surface area contributed by atoms with E-state index in [1.165, 1.54) is 0 Å². The molecule has 2 unspecified atom stereocenters. The maximum atomic E-state index is 12.1. The zero-order valence-corrected chi connectivity index (χ0v) is 12.1. The lowest BCUT2D eigenvalue weighted by Crippen LogP contribution is -2.30. The second kappa shape index (κ2) is 7.41. The van der Waals surface area contributed by atoms with Crippen LogP contribution in [0.25, 0.3) is 0 Å². The minimum Gasteiger partial charge on any atom is -0.377 e. The highest BCUT2D eigenvalue weighted by Gasteiger charge is 2.27. The van der Waals surface area contributed by atoms with E-state index in [0.717, 1.165) is 30.4 Å². The number of nitrogens with one attached hydrogen (secondary N) is 1. The molecule has 0 bridgehead atoms. The summed E-state index contributed by atoms with van der Waals surface area (Å²) in [5.74, 6) is 0.216. The summed E-state index contributed by atoms with van der Waals surface area (Å²) in [6.07, 6.45) is 2.68. The molecule has 0 saturated heterocycles. The summed E-state index contributed by atoms with van der Waals surface area (Å²) in [5.41, 5.74) is 8.11. The monoisotopic (exact) mass is 276 g/mol. The zero-order valence-electron chi connectivity index (χ0n) is 12.1. The Morgan fingerprint density at radius 1 is 1.35 bits per heavy atom. The van der Waals surface area contributed by atoms with Crippen molar-refractivity contribution in [2.45, 2.75) is 45.4 Å². The number of hydrogen-bond donors (Lipinski definition) is 2. The lowest BCUT2D eigenvalue weighted by Gasteiger charge is -2.13. The Morgan fingerprint density at radius 3 is 2.75 bits per heavy atom. The molecular weight excluding hydrogens is 252 g/mol. The summed E-state index contributed by atoms with van der Waals surface area (Å²) in [6.45, 7) is 3.83. The molecule has 1 aliphatic rings. The first-order valence-electron chi connectivity index (χ1n) is 7.38. The molecular formula is C16H24N2O2. The van der Waals surface area contributed by atoms with Gasteiger partial charge in [-0.05, 0) is 37.3 Å². The van der Waals surface area contributed by atoms with Gasteiger partial charge in [0.25, 0.3) is 0 Å². The molecule has 1 aromatic carbocycles. The van der Waals surface area contributed by atoms with Gasteiger partial charge in [-0.1, -0.05) is 24.3 Å². The molecule has 110 valence electrons. The fraction of sp³-hybridized carbons (Fsp3) is 0.562. The molecule has 3 N–H and O–H groups in total. The summed E-state index contributed by atoms with van der Waals surface area (Å²) >= 11 is 0. The summed E-state index contributed by atoms with van der Waals surface area (Å²) in [5, 5.41) is 3.03. The van der Waals surface area contributed by atoms with Crippen LogP contribution in [-0.2, 0) is 22.7 Å². The van der Waals surface area contributed by atoms with Crippen LogP contribution >= 0.6 is 0 Å². The first kappa shape index (κ1) is 15.0. The summed E-state index contributed by atoms with van der Waals surface area (Å²) in [7, 11) is 0. The second-order valence-corrected chi connectivity index (χ2v) is 5.39. The summed E-state index contributed by atoms with van der Waals surface area (Å²) in [6, 6.07) is 8.26. The molecule has 1 aromatic rings. The molecule has 2 rings (SSSR count). The van der Waals surface area contributed by atoms with E-state index in [1.54, 1.807) is 0 Å². The van der Waals surface area contributed by atoms with Gasteiger partial charge in [0.2, 0.25) is 5.91 Å². The fourth-order valence-electron chi connectivity index (χ4n) is 2.66. The third kappa shape index (κ3) is 4.05. The minimum absolute atomic E-state index is 0.0871. The zero-order chi connectivity index (χ0) is 14.4. The highest BCUT2D eigenvalue weighted by molar-refractivity contribution is 5.79. The lowest BCUT2D eigenvalue weighted by atomic mass is 10.1. The van der Waals surface area contributed by atoms with Gasteiger partial charge in [0.15, 0.2) is 0 Å². The number of carbonyl (C=O) groups is 1. The van der Waals surface area contributed by atoms with E-state index < -0.39 is 0 Å². The quantitative estimate of drug-likeness (QED) is 0.835. The average molecular weight is 276 g/mol. The number of nitrogens with two attached hydrogens (primary N) is 1. The third-order valence-corrected chi connectivity index (χ3v) is 3.88.